The van der Waals surface area contributed by atoms with Gasteiger partial charge in [-0.2, -0.15) is 4.98 Å². The summed E-state index contributed by atoms with van der Waals surface area (Å²) < 4.78 is 12.9. The Labute approximate surface area is 129 Å². The molecule has 0 saturated carbocycles. The predicted molar refractivity (Wildman–Crippen MR) is 79.3 cm³/mol. The van der Waals surface area contributed by atoms with Crippen molar-refractivity contribution in [3.8, 4) is 0 Å². The molecule has 0 unspecified atom stereocenters. The number of nitrogen functional groups attached to an aromatic ring is 1. The number of benzene rings is 1. The molecule has 0 spiro atoms. The highest BCUT2D eigenvalue weighted by atomic mass is 19.1. The lowest BCUT2D eigenvalue weighted by molar-refractivity contribution is -0.384. The van der Waals surface area contributed by atoms with Gasteiger partial charge in [0.1, 0.15) is 18.1 Å². The number of rotatable bonds is 4. The number of nitrogens with one attached hydrogen (secondary N) is 1. The highest BCUT2D eigenvalue weighted by Gasteiger charge is 2.38. The van der Waals surface area contributed by atoms with Gasteiger partial charge < -0.3 is 16.0 Å². The zero-order valence-electron chi connectivity index (χ0n) is 11.6. The molecule has 23 heavy (non-hydrogen) atoms. The summed E-state index contributed by atoms with van der Waals surface area (Å²) >= 11 is 0. The summed E-state index contributed by atoms with van der Waals surface area (Å²) in [6.45, 7) is 0.338. The van der Waals surface area contributed by atoms with E-state index >= 15 is 0 Å². The molecule has 0 aliphatic carbocycles. The van der Waals surface area contributed by atoms with Crippen molar-refractivity contribution >= 4 is 29.0 Å². The smallest absolute Gasteiger partial charge is 0.329 e. The van der Waals surface area contributed by atoms with Crippen molar-refractivity contribution in [1.82, 2.24) is 9.97 Å². The quantitative estimate of drug-likeness (QED) is 0.487. The number of nitrogens with zero attached hydrogens (tertiary/aromatic N) is 4. The number of nitrogens with two attached hydrogens (primary N) is 1. The first-order chi connectivity index (χ1) is 11.0. The van der Waals surface area contributed by atoms with Crippen LogP contribution in [0.1, 0.15) is 0 Å². The fraction of sp³-hybridized carbons (Fsp3) is 0.154. The number of aromatic nitrogens is 2. The Balaban J connectivity index is 1.67. The number of amides is 1. The highest BCUT2D eigenvalue weighted by molar-refractivity contribution is 6.05. The van der Waals surface area contributed by atoms with E-state index in [0.717, 1.165) is 6.20 Å². The molecule has 0 bridgehead atoms. The Morgan fingerprint density at radius 2 is 2.09 bits per heavy atom. The first kappa shape index (κ1) is 14.6. The van der Waals surface area contributed by atoms with Gasteiger partial charge in [-0.15, -0.1) is 0 Å². The van der Waals surface area contributed by atoms with E-state index in [1.165, 1.54) is 29.2 Å². The average Bonchev–Trinajstić information content (AvgIpc) is 2.51. The number of β-lactam (4-membered cyclic amide) rings is 1. The van der Waals surface area contributed by atoms with Crippen LogP contribution in [0.25, 0.3) is 0 Å². The molecule has 3 rings (SSSR count). The van der Waals surface area contributed by atoms with Gasteiger partial charge in [0.2, 0.25) is 11.8 Å². The molecule has 1 aliphatic rings. The second-order valence-electron chi connectivity index (χ2n) is 4.84. The van der Waals surface area contributed by atoms with Crippen molar-refractivity contribution in [3.63, 3.8) is 0 Å². The van der Waals surface area contributed by atoms with Gasteiger partial charge in [-0.25, -0.2) is 9.37 Å². The van der Waals surface area contributed by atoms with E-state index in [0.29, 0.717) is 12.2 Å². The lowest BCUT2D eigenvalue weighted by atomic mass is 10.1. The first-order valence-electron chi connectivity index (χ1n) is 6.56. The van der Waals surface area contributed by atoms with E-state index in [9.17, 15) is 19.3 Å². The van der Waals surface area contributed by atoms with Gasteiger partial charge in [-0.05, 0) is 24.3 Å². The summed E-state index contributed by atoms with van der Waals surface area (Å²) in [5.74, 6) is -0.872. The number of carbonyl (C=O) groups excluding carboxylic acids is 1. The summed E-state index contributed by atoms with van der Waals surface area (Å²) in [5, 5.41) is 13.4. The van der Waals surface area contributed by atoms with Crippen LogP contribution in [0.5, 0.6) is 0 Å². The van der Waals surface area contributed by atoms with Crippen LogP contribution < -0.4 is 16.0 Å². The number of anilines is 3. The second-order valence-corrected chi connectivity index (χ2v) is 4.84. The minimum Gasteiger partial charge on any atom is -0.378 e. The van der Waals surface area contributed by atoms with E-state index in [-0.39, 0.29) is 23.5 Å². The monoisotopic (exact) mass is 318 g/mol. The number of hydrogen-bond acceptors (Lipinski definition) is 7. The summed E-state index contributed by atoms with van der Waals surface area (Å²) in [7, 11) is 0. The van der Waals surface area contributed by atoms with E-state index in [1.807, 2.05) is 0 Å². The number of carbonyl (C=O) groups is 1. The van der Waals surface area contributed by atoms with Gasteiger partial charge in [0.15, 0.2) is 0 Å². The molecule has 3 N–H and O–H groups in total. The molecule has 1 aromatic carbocycles. The molecule has 10 heteroatoms. The van der Waals surface area contributed by atoms with Crippen molar-refractivity contribution in [2.75, 3.05) is 22.5 Å². The van der Waals surface area contributed by atoms with Gasteiger partial charge in [-0.3, -0.25) is 14.9 Å². The van der Waals surface area contributed by atoms with Crippen molar-refractivity contribution in [1.29, 1.82) is 0 Å². The molecule has 1 aliphatic heterocycles. The van der Waals surface area contributed by atoms with Crippen LogP contribution >= 0.6 is 0 Å². The highest BCUT2D eigenvalue weighted by Crippen LogP contribution is 2.25. The molecular formula is C13H11FN6O3. The topological polar surface area (TPSA) is 127 Å². The maximum atomic E-state index is 12.9. The van der Waals surface area contributed by atoms with Gasteiger partial charge in [0.05, 0.1) is 11.5 Å². The third kappa shape index (κ3) is 2.73. The first-order valence-corrected chi connectivity index (χ1v) is 6.56. The molecule has 2 heterocycles. The maximum Gasteiger partial charge on any atom is 0.329 e. The van der Waals surface area contributed by atoms with E-state index in [1.54, 1.807) is 0 Å². The van der Waals surface area contributed by atoms with Crippen LogP contribution in [-0.4, -0.2) is 33.4 Å². The van der Waals surface area contributed by atoms with Crippen molar-refractivity contribution in [2.45, 2.75) is 6.04 Å². The lowest BCUT2D eigenvalue weighted by Gasteiger charge is -2.38. The van der Waals surface area contributed by atoms with Crippen LogP contribution in [0, 0.1) is 15.9 Å². The fourth-order valence-electron chi connectivity index (χ4n) is 2.14. The standard InChI is InChI=1S/C13H11FN6O3/c14-7-1-3-8(4-2-7)19-6-9(12(19)21)17-13-16-5-10(20(22)23)11(15)18-13/h1-5,9H,6H2,(H3,15,16,17,18)/t9-/m1/s1. The SMILES string of the molecule is Nc1nc(N[C@@H]2CN(c3ccc(F)cc3)C2=O)ncc1[N+](=O)[O-]. The minimum absolute atomic E-state index is 0.0326. The predicted octanol–water partition coefficient (Wildman–Crippen LogP) is 0.933. The Bertz CT molecular complexity index is 782. The Kier molecular flexibility index (Phi) is 3.48. The fourth-order valence-corrected chi connectivity index (χ4v) is 2.14. The molecule has 9 nitrogen and oxygen atoms in total. The molecule has 1 aromatic heterocycles. The molecule has 2 aromatic rings. The average molecular weight is 318 g/mol. The van der Waals surface area contributed by atoms with Gasteiger partial charge >= 0.3 is 5.69 Å². The van der Waals surface area contributed by atoms with Gasteiger partial charge in [0.25, 0.3) is 5.91 Å². The molecule has 118 valence electrons. The summed E-state index contributed by atoms with van der Waals surface area (Å²) in [5.41, 5.74) is 5.64. The molecule has 1 fully saturated rings. The van der Waals surface area contributed by atoms with Crippen LogP contribution in [0.4, 0.5) is 27.5 Å². The van der Waals surface area contributed by atoms with Crippen LogP contribution in [0.15, 0.2) is 30.5 Å². The lowest BCUT2D eigenvalue weighted by Crippen LogP contribution is -2.60. The van der Waals surface area contributed by atoms with Crippen molar-refractivity contribution in [3.05, 3.63) is 46.4 Å². The summed E-state index contributed by atoms with van der Waals surface area (Å²) in [6.07, 6.45) is 0.978. The Morgan fingerprint density at radius 1 is 1.39 bits per heavy atom. The molecule has 1 atom stereocenters. The zero-order valence-corrected chi connectivity index (χ0v) is 11.6. The van der Waals surface area contributed by atoms with Crippen LogP contribution in [0.2, 0.25) is 0 Å². The van der Waals surface area contributed by atoms with E-state index in [4.69, 9.17) is 5.73 Å². The van der Waals surface area contributed by atoms with Gasteiger partial charge in [0, 0.05) is 5.69 Å². The third-order valence-corrected chi connectivity index (χ3v) is 3.37. The molecular weight excluding hydrogens is 307 g/mol. The number of halogens is 1. The third-order valence-electron chi connectivity index (χ3n) is 3.37. The van der Waals surface area contributed by atoms with Crippen LogP contribution in [-0.2, 0) is 4.79 Å². The van der Waals surface area contributed by atoms with Crippen molar-refractivity contribution < 1.29 is 14.1 Å². The second kappa shape index (κ2) is 5.48. The number of hydrogen-bond donors (Lipinski definition) is 2. The molecule has 1 saturated heterocycles. The largest absolute Gasteiger partial charge is 0.378 e. The van der Waals surface area contributed by atoms with Gasteiger partial charge in [-0.1, -0.05) is 0 Å². The summed E-state index contributed by atoms with van der Waals surface area (Å²) in [6, 6.07) is 4.97. The number of nitro groups is 1. The molecule has 1 amide bonds. The maximum absolute atomic E-state index is 12.9. The Morgan fingerprint density at radius 3 is 2.65 bits per heavy atom. The normalized spacial score (nSPS) is 16.8. The molecule has 0 radical (unpaired) electrons. The zero-order chi connectivity index (χ0) is 16.6. The van der Waals surface area contributed by atoms with E-state index < -0.39 is 16.7 Å². The van der Waals surface area contributed by atoms with Crippen LogP contribution in [0.3, 0.4) is 0 Å². The Hall–Kier alpha value is -3.30. The summed E-state index contributed by atoms with van der Waals surface area (Å²) in [4.78, 5) is 31.0. The van der Waals surface area contributed by atoms with E-state index in [2.05, 4.69) is 15.3 Å². The minimum atomic E-state index is -0.691. The van der Waals surface area contributed by atoms with Crippen molar-refractivity contribution in [2.24, 2.45) is 0 Å².